The highest BCUT2D eigenvalue weighted by molar-refractivity contribution is 5.93. The molecule has 1 aromatic heterocycles. The van der Waals surface area contributed by atoms with Crippen LogP contribution in [-0.4, -0.2) is 23.6 Å². The van der Waals surface area contributed by atoms with Crippen LogP contribution in [0, 0.1) is 5.92 Å². The lowest BCUT2D eigenvalue weighted by atomic mass is 9.86. The SMILES string of the molecule is Cn1cc(C2=CCC(C(=O)NCCN)CC2)c2ccccc21. The fourth-order valence-electron chi connectivity index (χ4n) is 3.25. The van der Waals surface area contributed by atoms with Gasteiger partial charge in [-0.05, 0) is 30.9 Å². The van der Waals surface area contributed by atoms with Crippen LogP contribution in [0.25, 0.3) is 16.5 Å². The number of para-hydroxylation sites is 1. The molecule has 1 aliphatic carbocycles. The van der Waals surface area contributed by atoms with Gasteiger partial charge in [-0.3, -0.25) is 4.79 Å². The second-order valence-corrected chi connectivity index (χ2v) is 5.95. The van der Waals surface area contributed by atoms with Gasteiger partial charge < -0.3 is 15.6 Å². The lowest BCUT2D eigenvalue weighted by molar-refractivity contribution is -0.125. The summed E-state index contributed by atoms with van der Waals surface area (Å²) in [5.74, 6) is 0.226. The average molecular weight is 297 g/mol. The molecule has 1 atom stereocenters. The minimum absolute atomic E-state index is 0.0882. The number of hydrogen-bond donors (Lipinski definition) is 2. The van der Waals surface area contributed by atoms with Crippen molar-refractivity contribution < 1.29 is 4.79 Å². The quantitative estimate of drug-likeness (QED) is 0.910. The lowest BCUT2D eigenvalue weighted by Gasteiger charge is -2.21. The number of carbonyl (C=O) groups excluding carboxylic acids is 1. The molecule has 1 unspecified atom stereocenters. The van der Waals surface area contributed by atoms with Gasteiger partial charge in [0.25, 0.3) is 0 Å². The summed E-state index contributed by atoms with van der Waals surface area (Å²) in [6.07, 6.45) is 7.11. The maximum absolute atomic E-state index is 12.0. The fourth-order valence-corrected chi connectivity index (χ4v) is 3.25. The highest BCUT2D eigenvalue weighted by atomic mass is 16.1. The molecule has 0 saturated heterocycles. The van der Waals surface area contributed by atoms with E-state index in [-0.39, 0.29) is 11.8 Å². The molecule has 0 aliphatic heterocycles. The molecule has 1 amide bonds. The van der Waals surface area contributed by atoms with E-state index in [0.717, 1.165) is 19.3 Å². The molecule has 116 valence electrons. The van der Waals surface area contributed by atoms with Gasteiger partial charge in [-0.15, -0.1) is 0 Å². The smallest absolute Gasteiger partial charge is 0.223 e. The number of aromatic nitrogens is 1. The van der Waals surface area contributed by atoms with Gasteiger partial charge in [0.05, 0.1) is 0 Å². The van der Waals surface area contributed by atoms with Crippen molar-refractivity contribution in [1.29, 1.82) is 0 Å². The summed E-state index contributed by atoms with van der Waals surface area (Å²) in [6.45, 7) is 1.06. The summed E-state index contributed by atoms with van der Waals surface area (Å²) in [5, 5.41) is 4.19. The Morgan fingerprint density at radius 2 is 2.23 bits per heavy atom. The Kier molecular flexibility index (Phi) is 4.29. The lowest BCUT2D eigenvalue weighted by Crippen LogP contribution is -2.34. The maximum Gasteiger partial charge on any atom is 0.223 e. The van der Waals surface area contributed by atoms with E-state index in [1.807, 2.05) is 0 Å². The zero-order chi connectivity index (χ0) is 15.5. The van der Waals surface area contributed by atoms with E-state index < -0.39 is 0 Å². The Morgan fingerprint density at radius 1 is 1.41 bits per heavy atom. The first-order valence-electron chi connectivity index (χ1n) is 7.92. The predicted molar refractivity (Wildman–Crippen MR) is 90.3 cm³/mol. The standard InChI is InChI=1S/C18H23N3O/c1-21-12-16(15-4-2-3-5-17(15)21)13-6-8-14(9-7-13)18(22)20-11-10-19/h2-6,12,14H,7-11,19H2,1H3,(H,20,22). The van der Waals surface area contributed by atoms with E-state index in [1.54, 1.807) is 0 Å². The van der Waals surface area contributed by atoms with Crippen molar-refractivity contribution in [3.63, 3.8) is 0 Å². The molecule has 22 heavy (non-hydrogen) atoms. The van der Waals surface area contributed by atoms with E-state index in [0.29, 0.717) is 13.1 Å². The first-order chi connectivity index (χ1) is 10.7. The number of benzene rings is 1. The Hall–Kier alpha value is -2.07. The molecule has 2 aromatic rings. The number of aryl methyl sites for hydroxylation is 1. The molecule has 1 aromatic carbocycles. The van der Waals surface area contributed by atoms with Crippen molar-refractivity contribution in [1.82, 2.24) is 9.88 Å². The van der Waals surface area contributed by atoms with E-state index in [2.05, 4.69) is 53.5 Å². The highest BCUT2D eigenvalue weighted by Crippen LogP contribution is 2.34. The van der Waals surface area contributed by atoms with Crippen molar-refractivity contribution in [2.45, 2.75) is 19.3 Å². The number of nitrogens with one attached hydrogen (secondary N) is 1. The minimum atomic E-state index is 0.0882. The monoisotopic (exact) mass is 297 g/mol. The Balaban J connectivity index is 1.79. The molecular formula is C18H23N3O. The molecule has 1 heterocycles. The summed E-state index contributed by atoms with van der Waals surface area (Å²) < 4.78 is 2.17. The van der Waals surface area contributed by atoms with Gasteiger partial charge in [0, 0.05) is 48.7 Å². The molecular weight excluding hydrogens is 274 g/mol. The number of nitrogens with zero attached hydrogens (tertiary/aromatic N) is 1. The van der Waals surface area contributed by atoms with Crippen LogP contribution in [0.5, 0.6) is 0 Å². The van der Waals surface area contributed by atoms with Crippen LogP contribution in [0.1, 0.15) is 24.8 Å². The van der Waals surface area contributed by atoms with E-state index >= 15 is 0 Å². The van der Waals surface area contributed by atoms with Crippen molar-refractivity contribution >= 4 is 22.4 Å². The summed E-state index contributed by atoms with van der Waals surface area (Å²) in [7, 11) is 2.08. The van der Waals surface area contributed by atoms with Gasteiger partial charge in [-0.25, -0.2) is 0 Å². The Bertz CT molecular complexity index is 714. The number of hydrogen-bond acceptors (Lipinski definition) is 2. The first kappa shape index (κ1) is 14.9. The summed E-state index contributed by atoms with van der Waals surface area (Å²) in [4.78, 5) is 12.0. The largest absolute Gasteiger partial charge is 0.355 e. The Morgan fingerprint density at radius 3 is 2.95 bits per heavy atom. The predicted octanol–water partition coefficient (Wildman–Crippen LogP) is 2.44. The van der Waals surface area contributed by atoms with Crippen molar-refractivity contribution in [2.24, 2.45) is 18.7 Å². The molecule has 0 radical (unpaired) electrons. The van der Waals surface area contributed by atoms with Crippen LogP contribution in [0.4, 0.5) is 0 Å². The van der Waals surface area contributed by atoms with Gasteiger partial charge in [0.2, 0.25) is 5.91 Å². The summed E-state index contributed by atoms with van der Waals surface area (Å²) in [6, 6.07) is 8.47. The molecule has 0 spiro atoms. The molecule has 0 saturated carbocycles. The van der Waals surface area contributed by atoms with Gasteiger partial charge in [-0.1, -0.05) is 24.3 Å². The molecule has 1 aliphatic rings. The number of fused-ring (bicyclic) bond motifs is 1. The normalized spacial score (nSPS) is 18.3. The van der Waals surface area contributed by atoms with Crippen LogP contribution in [0.15, 0.2) is 36.5 Å². The first-order valence-corrected chi connectivity index (χ1v) is 7.92. The number of amides is 1. The molecule has 4 nitrogen and oxygen atoms in total. The molecule has 3 N–H and O–H groups in total. The van der Waals surface area contributed by atoms with Crippen LogP contribution < -0.4 is 11.1 Å². The third-order valence-corrected chi connectivity index (χ3v) is 4.47. The van der Waals surface area contributed by atoms with Gasteiger partial charge in [0.1, 0.15) is 0 Å². The number of allylic oxidation sites excluding steroid dienone is 2. The van der Waals surface area contributed by atoms with Gasteiger partial charge in [0.15, 0.2) is 0 Å². The Labute approximate surface area is 131 Å². The van der Waals surface area contributed by atoms with E-state index in [1.165, 1.54) is 22.0 Å². The molecule has 3 rings (SSSR count). The average Bonchev–Trinajstić information content (AvgIpc) is 2.90. The van der Waals surface area contributed by atoms with Crippen LogP contribution >= 0.6 is 0 Å². The topological polar surface area (TPSA) is 60.0 Å². The molecule has 4 heteroatoms. The second-order valence-electron chi connectivity index (χ2n) is 5.95. The van der Waals surface area contributed by atoms with Crippen LogP contribution in [0.3, 0.4) is 0 Å². The van der Waals surface area contributed by atoms with E-state index in [9.17, 15) is 4.79 Å². The van der Waals surface area contributed by atoms with Crippen LogP contribution in [0.2, 0.25) is 0 Å². The molecule has 0 fully saturated rings. The van der Waals surface area contributed by atoms with Gasteiger partial charge >= 0.3 is 0 Å². The number of carbonyl (C=O) groups is 1. The zero-order valence-electron chi connectivity index (χ0n) is 13.0. The van der Waals surface area contributed by atoms with E-state index in [4.69, 9.17) is 5.73 Å². The van der Waals surface area contributed by atoms with Crippen LogP contribution in [-0.2, 0) is 11.8 Å². The maximum atomic E-state index is 12.0. The summed E-state index contributed by atoms with van der Waals surface area (Å²) in [5.41, 5.74) is 9.35. The molecule has 0 bridgehead atoms. The van der Waals surface area contributed by atoms with Gasteiger partial charge in [-0.2, -0.15) is 0 Å². The van der Waals surface area contributed by atoms with Crippen molar-refractivity contribution in [3.05, 3.63) is 42.1 Å². The van der Waals surface area contributed by atoms with Crippen molar-refractivity contribution in [3.8, 4) is 0 Å². The fraction of sp³-hybridized carbons (Fsp3) is 0.389. The zero-order valence-corrected chi connectivity index (χ0v) is 13.0. The number of rotatable bonds is 4. The third kappa shape index (κ3) is 2.79. The third-order valence-electron chi connectivity index (χ3n) is 4.47. The summed E-state index contributed by atoms with van der Waals surface area (Å²) >= 11 is 0. The van der Waals surface area contributed by atoms with Crippen molar-refractivity contribution in [2.75, 3.05) is 13.1 Å². The highest BCUT2D eigenvalue weighted by Gasteiger charge is 2.22. The number of nitrogens with two attached hydrogens (primary N) is 1. The minimum Gasteiger partial charge on any atom is -0.355 e. The second kappa shape index (κ2) is 6.36.